The van der Waals surface area contributed by atoms with Crippen molar-refractivity contribution in [1.82, 2.24) is 0 Å². The monoisotopic (exact) mass is 230 g/mol. The molecular weight excluding hydrogens is 215 g/mol. The van der Waals surface area contributed by atoms with Crippen molar-refractivity contribution >= 4 is 17.3 Å². The van der Waals surface area contributed by atoms with Crippen molar-refractivity contribution in [3.63, 3.8) is 0 Å². The van der Waals surface area contributed by atoms with Crippen LogP contribution in [-0.2, 0) is 6.42 Å². The number of nitrogens with two attached hydrogens (primary N) is 1. The largest absolute Gasteiger partial charge is 0.378 e. The Bertz CT molecular complexity index is 328. The molecule has 0 aromatic heterocycles. The molecule has 0 saturated carbocycles. The predicted octanol–water partition coefficient (Wildman–Crippen LogP) is 2.25. The molecule has 0 aliphatic heterocycles. The van der Waals surface area contributed by atoms with E-state index < -0.39 is 12.7 Å². The molecule has 0 saturated heterocycles. The van der Waals surface area contributed by atoms with Crippen LogP contribution in [0.3, 0.4) is 0 Å². The maximum absolute atomic E-state index is 12.2. The van der Waals surface area contributed by atoms with Gasteiger partial charge in [-0.2, -0.15) is 0 Å². The SMILES string of the molecule is CN(C)c1ccc(CC(N)CF)c(Cl)c1. The van der Waals surface area contributed by atoms with Gasteiger partial charge in [0.05, 0.1) is 0 Å². The van der Waals surface area contributed by atoms with E-state index in [0.29, 0.717) is 11.4 Å². The first-order valence-electron chi connectivity index (χ1n) is 4.82. The molecule has 0 aliphatic carbocycles. The van der Waals surface area contributed by atoms with Crippen molar-refractivity contribution in [2.75, 3.05) is 25.7 Å². The highest BCUT2D eigenvalue weighted by atomic mass is 35.5. The number of anilines is 1. The lowest BCUT2D eigenvalue weighted by Gasteiger charge is -2.15. The lowest BCUT2D eigenvalue weighted by molar-refractivity contribution is 0.427. The number of hydrogen-bond acceptors (Lipinski definition) is 2. The molecule has 0 bridgehead atoms. The van der Waals surface area contributed by atoms with Crippen LogP contribution in [0.1, 0.15) is 5.56 Å². The Morgan fingerprint density at radius 1 is 1.47 bits per heavy atom. The van der Waals surface area contributed by atoms with Gasteiger partial charge in [0, 0.05) is 30.8 Å². The molecule has 84 valence electrons. The number of nitrogens with zero attached hydrogens (tertiary/aromatic N) is 1. The summed E-state index contributed by atoms with van der Waals surface area (Å²) in [5.41, 5.74) is 7.45. The first-order valence-corrected chi connectivity index (χ1v) is 5.19. The zero-order valence-electron chi connectivity index (χ0n) is 9.00. The maximum atomic E-state index is 12.2. The number of halogens is 2. The molecule has 1 unspecified atom stereocenters. The Hall–Kier alpha value is -0.800. The topological polar surface area (TPSA) is 29.3 Å². The molecule has 0 amide bonds. The summed E-state index contributed by atoms with van der Waals surface area (Å²) in [6, 6.07) is 5.24. The molecule has 1 aromatic rings. The minimum Gasteiger partial charge on any atom is -0.378 e. The van der Waals surface area contributed by atoms with E-state index in [1.54, 1.807) is 0 Å². The third kappa shape index (κ3) is 3.36. The van der Waals surface area contributed by atoms with E-state index in [0.717, 1.165) is 11.3 Å². The molecule has 1 rings (SSSR count). The lowest BCUT2D eigenvalue weighted by Crippen LogP contribution is -2.25. The van der Waals surface area contributed by atoms with Gasteiger partial charge in [-0.25, -0.2) is 4.39 Å². The standard InChI is InChI=1S/C11H16ClFN2/c1-15(2)10-4-3-8(11(12)6-10)5-9(14)7-13/h3-4,6,9H,5,7,14H2,1-2H3. The van der Waals surface area contributed by atoms with Gasteiger partial charge in [0.25, 0.3) is 0 Å². The normalized spacial score (nSPS) is 12.6. The fourth-order valence-corrected chi connectivity index (χ4v) is 1.57. The Labute approximate surface area is 94.8 Å². The van der Waals surface area contributed by atoms with Crippen molar-refractivity contribution in [3.05, 3.63) is 28.8 Å². The van der Waals surface area contributed by atoms with Gasteiger partial charge in [-0.1, -0.05) is 17.7 Å². The quantitative estimate of drug-likeness (QED) is 0.860. The van der Waals surface area contributed by atoms with E-state index in [-0.39, 0.29) is 0 Å². The second kappa shape index (κ2) is 5.33. The number of benzene rings is 1. The number of hydrogen-bond donors (Lipinski definition) is 1. The zero-order chi connectivity index (χ0) is 11.4. The minimum absolute atomic E-state index is 0.465. The van der Waals surface area contributed by atoms with E-state index in [1.165, 1.54) is 0 Å². The highest BCUT2D eigenvalue weighted by Crippen LogP contribution is 2.23. The van der Waals surface area contributed by atoms with Gasteiger partial charge in [-0.05, 0) is 24.1 Å². The molecule has 0 spiro atoms. The fourth-order valence-electron chi connectivity index (χ4n) is 1.32. The molecule has 0 radical (unpaired) electrons. The number of alkyl halides is 1. The van der Waals surface area contributed by atoms with Gasteiger partial charge < -0.3 is 10.6 Å². The second-order valence-electron chi connectivity index (χ2n) is 3.79. The fraction of sp³-hybridized carbons (Fsp3) is 0.455. The summed E-state index contributed by atoms with van der Waals surface area (Å²) < 4.78 is 12.2. The van der Waals surface area contributed by atoms with Crippen LogP contribution in [0.4, 0.5) is 10.1 Å². The van der Waals surface area contributed by atoms with E-state index in [9.17, 15) is 4.39 Å². The third-order valence-electron chi connectivity index (χ3n) is 2.23. The zero-order valence-corrected chi connectivity index (χ0v) is 9.76. The van der Waals surface area contributed by atoms with Crippen molar-refractivity contribution < 1.29 is 4.39 Å². The molecule has 4 heteroatoms. The first-order chi connectivity index (χ1) is 7.04. The highest BCUT2D eigenvalue weighted by Gasteiger charge is 2.08. The molecule has 1 aromatic carbocycles. The Balaban J connectivity index is 2.83. The van der Waals surface area contributed by atoms with Gasteiger partial charge in [-0.3, -0.25) is 0 Å². The molecular formula is C11H16ClFN2. The van der Waals surface area contributed by atoms with Crippen molar-refractivity contribution in [1.29, 1.82) is 0 Å². The van der Waals surface area contributed by atoms with Crippen LogP contribution in [0.15, 0.2) is 18.2 Å². The van der Waals surface area contributed by atoms with E-state index in [2.05, 4.69) is 0 Å². The minimum atomic E-state index is -0.522. The van der Waals surface area contributed by atoms with Crippen LogP contribution in [0.5, 0.6) is 0 Å². The summed E-state index contributed by atoms with van der Waals surface area (Å²) in [6.07, 6.45) is 0.475. The van der Waals surface area contributed by atoms with Crippen molar-refractivity contribution in [3.8, 4) is 0 Å². The second-order valence-corrected chi connectivity index (χ2v) is 4.20. The molecule has 2 nitrogen and oxygen atoms in total. The van der Waals surface area contributed by atoms with Crippen LogP contribution in [0.2, 0.25) is 5.02 Å². The molecule has 0 fully saturated rings. The van der Waals surface area contributed by atoms with Gasteiger partial charge in [-0.15, -0.1) is 0 Å². The van der Waals surface area contributed by atoms with Crippen molar-refractivity contribution in [2.45, 2.75) is 12.5 Å². The van der Waals surface area contributed by atoms with Crippen LogP contribution in [0, 0.1) is 0 Å². The van der Waals surface area contributed by atoms with Gasteiger partial charge in [0.1, 0.15) is 6.67 Å². The average molecular weight is 231 g/mol. The Morgan fingerprint density at radius 3 is 2.60 bits per heavy atom. The smallest absolute Gasteiger partial charge is 0.105 e. The molecule has 2 N–H and O–H groups in total. The first kappa shape index (κ1) is 12.3. The predicted molar refractivity (Wildman–Crippen MR) is 63.4 cm³/mol. The van der Waals surface area contributed by atoms with Crippen LogP contribution < -0.4 is 10.6 Å². The summed E-state index contributed by atoms with van der Waals surface area (Å²) in [4.78, 5) is 1.96. The summed E-state index contributed by atoms with van der Waals surface area (Å²) in [7, 11) is 3.89. The summed E-state index contributed by atoms with van der Waals surface area (Å²) in [5.74, 6) is 0. The third-order valence-corrected chi connectivity index (χ3v) is 2.59. The Kier molecular flexibility index (Phi) is 4.36. The molecule has 0 heterocycles. The molecule has 0 aliphatic rings. The van der Waals surface area contributed by atoms with Gasteiger partial charge >= 0.3 is 0 Å². The van der Waals surface area contributed by atoms with Gasteiger partial charge in [0.2, 0.25) is 0 Å². The summed E-state index contributed by atoms with van der Waals surface area (Å²) >= 11 is 6.07. The number of rotatable bonds is 4. The molecule has 15 heavy (non-hydrogen) atoms. The summed E-state index contributed by atoms with van der Waals surface area (Å²) in [5, 5.41) is 0.644. The van der Waals surface area contributed by atoms with Crippen LogP contribution >= 0.6 is 11.6 Å². The van der Waals surface area contributed by atoms with Crippen LogP contribution in [-0.4, -0.2) is 26.8 Å². The molecule has 1 atom stereocenters. The van der Waals surface area contributed by atoms with Crippen molar-refractivity contribution in [2.24, 2.45) is 5.73 Å². The summed E-state index contributed by atoms with van der Waals surface area (Å²) in [6.45, 7) is -0.522. The maximum Gasteiger partial charge on any atom is 0.105 e. The van der Waals surface area contributed by atoms with Crippen LogP contribution in [0.25, 0.3) is 0 Å². The van der Waals surface area contributed by atoms with E-state index in [1.807, 2.05) is 37.2 Å². The average Bonchev–Trinajstić information content (AvgIpc) is 2.20. The lowest BCUT2D eigenvalue weighted by atomic mass is 10.1. The van der Waals surface area contributed by atoms with E-state index >= 15 is 0 Å². The Morgan fingerprint density at radius 2 is 2.13 bits per heavy atom. The van der Waals surface area contributed by atoms with E-state index in [4.69, 9.17) is 17.3 Å². The highest BCUT2D eigenvalue weighted by molar-refractivity contribution is 6.31. The van der Waals surface area contributed by atoms with Gasteiger partial charge in [0.15, 0.2) is 0 Å².